The van der Waals surface area contributed by atoms with Gasteiger partial charge in [0, 0.05) is 4.47 Å². The van der Waals surface area contributed by atoms with Gasteiger partial charge in [0.25, 0.3) is 5.91 Å². The number of amides is 1. The molecule has 0 bridgehead atoms. The highest BCUT2D eigenvalue weighted by molar-refractivity contribution is 9.10. The Morgan fingerprint density at radius 1 is 1.56 bits per heavy atom. The second-order valence-electron chi connectivity index (χ2n) is 2.97. The lowest BCUT2D eigenvalue weighted by Gasteiger charge is -2.13. The second-order valence-corrected chi connectivity index (χ2v) is 3.88. The number of hydrogen-bond donors (Lipinski definition) is 2. The van der Waals surface area contributed by atoms with Gasteiger partial charge in [0.2, 0.25) is 5.82 Å². The molecule has 0 aliphatic carbocycles. The van der Waals surface area contributed by atoms with Crippen LogP contribution in [0.5, 0.6) is 5.75 Å². The van der Waals surface area contributed by atoms with Crippen molar-refractivity contribution in [2.75, 3.05) is 0 Å². The van der Waals surface area contributed by atoms with Crippen molar-refractivity contribution in [1.29, 1.82) is 0 Å². The number of nitrogens with one attached hydrogen (secondary N) is 1. The maximum atomic E-state index is 13.2. The van der Waals surface area contributed by atoms with Crippen molar-refractivity contribution in [3.63, 3.8) is 0 Å². The van der Waals surface area contributed by atoms with E-state index in [0.29, 0.717) is 4.47 Å². The second kappa shape index (κ2) is 5.22. The lowest BCUT2D eigenvalue weighted by atomic mass is 10.3. The van der Waals surface area contributed by atoms with E-state index in [1.54, 1.807) is 0 Å². The maximum absolute atomic E-state index is 13.2. The standard InChI is InChI=1S/C9H9BrF2N2O2/c1-4(9(15)14-13)16-7-3-5(10)2-6(11)8(7)12/h2-4H,13H2,1H3,(H,14,15). The third-order valence-corrected chi connectivity index (χ3v) is 2.23. The van der Waals surface area contributed by atoms with Gasteiger partial charge in [-0.15, -0.1) is 0 Å². The van der Waals surface area contributed by atoms with Crippen LogP contribution in [0.4, 0.5) is 8.78 Å². The van der Waals surface area contributed by atoms with Gasteiger partial charge in [-0.3, -0.25) is 10.2 Å². The minimum absolute atomic E-state index is 0.307. The Bertz CT molecular complexity index is 415. The Morgan fingerprint density at radius 2 is 2.19 bits per heavy atom. The number of halogens is 3. The van der Waals surface area contributed by atoms with Gasteiger partial charge in [-0.05, 0) is 19.1 Å². The SMILES string of the molecule is CC(Oc1cc(Br)cc(F)c1F)C(=O)NN. The van der Waals surface area contributed by atoms with Crippen molar-refractivity contribution >= 4 is 21.8 Å². The summed E-state index contributed by atoms with van der Waals surface area (Å²) in [4.78, 5) is 11.0. The molecule has 88 valence electrons. The van der Waals surface area contributed by atoms with Gasteiger partial charge in [0.15, 0.2) is 17.7 Å². The van der Waals surface area contributed by atoms with E-state index in [1.807, 2.05) is 5.43 Å². The highest BCUT2D eigenvalue weighted by Crippen LogP contribution is 2.26. The molecule has 0 spiro atoms. The van der Waals surface area contributed by atoms with Crippen molar-refractivity contribution in [2.45, 2.75) is 13.0 Å². The van der Waals surface area contributed by atoms with Crippen LogP contribution in [0.1, 0.15) is 6.92 Å². The Kier molecular flexibility index (Phi) is 4.19. The Hall–Kier alpha value is -1.21. The molecule has 1 amide bonds. The molecule has 1 unspecified atom stereocenters. The summed E-state index contributed by atoms with van der Waals surface area (Å²) in [6.45, 7) is 1.36. The third-order valence-electron chi connectivity index (χ3n) is 1.77. The first-order chi connectivity index (χ1) is 7.45. The minimum Gasteiger partial charge on any atom is -0.478 e. The molecular weight excluding hydrogens is 286 g/mol. The number of nitrogens with two attached hydrogens (primary N) is 1. The molecule has 1 aromatic carbocycles. The molecule has 0 heterocycles. The molecule has 1 rings (SSSR count). The zero-order valence-electron chi connectivity index (χ0n) is 8.26. The molecule has 7 heteroatoms. The van der Waals surface area contributed by atoms with Gasteiger partial charge in [-0.1, -0.05) is 15.9 Å². The van der Waals surface area contributed by atoms with Crippen LogP contribution in [0.25, 0.3) is 0 Å². The molecule has 3 N–H and O–H groups in total. The van der Waals surface area contributed by atoms with Gasteiger partial charge in [-0.2, -0.15) is 4.39 Å². The van der Waals surface area contributed by atoms with Gasteiger partial charge in [0.1, 0.15) is 0 Å². The zero-order valence-corrected chi connectivity index (χ0v) is 9.85. The molecule has 0 aliphatic heterocycles. The summed E-state index contributed by atoms with van der Waals surface area (Å²) in [6, 6.07) is 2.18. The molecule has 4 nitrogen and oxygen atoms in total. The van der Waals surface area contributed by atoms with Crippen molar-refractivity contribution in [1.82, 2.24) is 5.43 Å². The van der Waals surface area contributed by atoms with Crippen LogP contribution in [-0.4, -0.2) is 12.0 Å². The summed E-state index contributed by atoms with van der Waals surface area (Å²) < 4.78 is 31.4. The van der Waals surface area contributed by atoms with E-state index in [9.17, 15) is 13.6 Å². The van der Waals surface area contributed by atoms with E-state index in [2.05, 4.69) is 15.9 Å². The largest absolute Gasteiger partial charge is 0.478 e. The molecule has 0 aliphatic rings. The average molecular weight is 295 g/mol. The first-order valence-corrected chi connectivity index (χ1v) is 5.06. The summed E-state index contributed by atoms with van der Waals surface area (Å²) in [5, 5.41) is 0. The Morgan fingerprint density at radius 3 is 2.75 bits per heavy atom. The smallest absolute Gasteiger partial charge is 0.274 e. The number of carbonyl (C=O) groups excluding carboxylic acids is 1. The molecule has 0 aromatic heterocycles. The van der Waals surface area contributed by atoms with Gasteiger partial charge in [-0.25, -0.2) is 10.2 Å². The highest BCUT2D eigenvalue weighted by Gasteiger charge is 2.18. The number of carbonyl (C=O) groups is 1. The van der Waals surface area contributed by atoms with Crippen molar-refractivity contribution < 1.29 is 18.3 Å². The van der Waals surface area contributed by atoms with Crippen molar-refractivity contribution in [3.8, 4) is 5.75 Å². The van der Waals surface area contributed by atoms with E-state index in [4.69, 9.17) is 10.6 Å². The van der Waals surface area contributed by atoms with E-state index < -0.39 is 23.6 Å². The predicted molar refractivity (Wildman–Crippen MR) is 56.5 cm³/mol. The Balaban J connectivity index is 2.93. The topological polar surface area (TPSA) is 64.3 Å². The maximum Gasteiger partial charge on any atom is 0.274 e. The number of hydrazine groups is 1. The van der Waals surface area contributed by atoms with Crippen LogP contribution in [-0.2, 0) is 4.79 Å². The van der Waals surface area contributed by atoms with Crippen LogP contribution in [0.2, 0.25) is 0 Å². The molecular formula is C9H9BrF2N2O2. The summed E-state index contributed by atoms with van der Waals surface area (Å²) in [6.07, 6.45) is -1.02. The van der Waals surface area contributed by atoms with E-state index in [0.717, 1.165) is 6.07 Å². The lowest BCUT2D eigenvalue weighted by molar-refractivity contribution is -0.127. The van der Waals surface area contributed by atoms with Crippen molar-refractivity contribution in [2.24, 2.45) is 5.84 Å². The van der Waals surface area contributed by atoms with Crippen LogP contribution < -0.4 is 16.0 Å². The molecule has 0 saturated carbocycles. The fraction of sp³-hybridized carbons (Fsp3) is 0.222. The number of rotatable bonds is 3. The van der Waals surface area contributed by atoms with Crippen LogP contribution in [0.3, 0.4) is 0 Å². The fourth-order valence-corrected chi connectivity index (χ4v) is 1.39. The third kappa shape index (κ3) is 2.89. The quantitative estimate of drug-likeness (QED) is 0.384. The highest BCUT2D eigenvalue weighted by atomic mass is 79.9. The van der Waals surface area contributed by atoms with Gasteiger partial charge in [0.05, 0.1) is 0 Å². The monoisotopic (exact) mass is 294 g/mol. The summed E-state index contributed by atoms with van der Waals surface area (Å²) in [5.74, 6) is 1.65. The predicted octanol–water partition coefficient (Wildman–Crippen LogP) is 1.48. The first-order valence-electron chi connectivity index (χ1n) is 4.27. The summed E-state index contributed by atoms with van der Waals surface area (Å²) in [7, 11) is 0. The molecule has 16 heavy (non-hydrogen) atoms. The van der Waals surface area contributed by atoms with Crippen molar-refractivity contribution in [3.05, 3.63) is 28.2 Å². The zero-order chi connectivity index (χ0) is 12.3. The van der Waals surface area contributed by atoms with E-state index >= 15 is 0 Å². The normalized spacial score (nSPS) is 12.1. The van der Waals surface area contributed by atoms with Crippen LogP contribution >= 0.6 is 15.9 Å². The summed E-state index contributed by atoms with van der Waals surface area (Å²) >= 11 is 2.98. The van der Waals surface area contributed by atoms with Crippen LogP contribution in [0, 0.1) is 11.6 Å². The molecule has 0 radical (unpaired) electrons. The van der Waals surface area contributed by atoms with Gasteiger partial charge < -0.3 is 4.74 Å². The summed E-state index contributed by atoms with van der Waals surface area (Å²) in [5.41, 5.74) is 1.84. The van der Waals surface area contributed by atoms with Crippen LogP contribution in [0.15, 0.2) is 16.6 Å². The lowest BCUT2D eigenvalue weighted by Crippen LogP contribution is -2.40. The van der Waals surface area contributed by atoms with Gasteiger partial charge >= 0.3 is 0 Å². The number of benzene rings is 1. The molecule has 1 aromatic rings. The molecule has 0 saturated heterocycles. The first kappa shape index (κ1) is 12.9. The molecule has 0 fully saturated rings. The van der Waals surface area contributed by atoms with E-state index in [-0.39, 0.29) is 5.75 Å². The number of ether oxygens (including phenoxy) is 1. The number of hydrogen-bond acceptors (Lipinski definition) is 3. The fourth-order valence-electron chi connectivity index (χ4n) is 0.979. The minimum atomic E-state index is -1.15. The molecule has 1 atom stereocenters. The Labute approximate surface area is 98.9 Å². The van der Waals surface area contributed by atoms with E-state index in [1.165, 1.54) is 13.0 Å². The average Bonchev–Trinajstić information content (AvgIpc) is 2.23.